The summed E-state index contributed by atoms with van der Waals surface area (Å²) in [7, 11) is 1.55. The van der Waals surface area contributed by atoms with Gasteiger partial charge in [0.1, 0.15) is 6.61 Å². The molecule has 0 atom stereocenters. The zero-order valence-electron chi connectivity index (χ0n) is 24.1. The highest BCUT2D eigenvalue weighted by molar-refractivity contribution is 6.30. The standard InChI is InChI=1S/C33H36ClNO6/c1-32(2)13-22-30(24(36)15-32)29(31-23(35(22)17-28(38)39)14-33(3,4)16-25(31)37)20-8-11-26(27(12-20)40-5)41-18-19-6-9-21(34)10-7-19/h6-12,29H,13-18H2,1-5H3,(H,38,39)/p-1. The van der Waals surface area contributed by atoms with Crippen molar-refractivity contribution in [1.82, 2.24) is 4.90 Å². The topological polar surface area (TPSA) is 96.0 Å². The van der Waals surface area contributed by atoms with Gasteiger partial charge in [0.15, 0.2) is 23.1 Å². The van der Waals surface area contributed by atoms with E-state index in [1.54, 1.807) is 30.2 Å². The predicted octanol–water partition coefficient (Wildman–Crippen LogP) is 5.36. The van der Waals surface area contributed by atoms with Crippen molar-refractivity contribution in [3.05, 3.63) is 81.2 Å². The van der Waals surface area contributed by atoms with Crippen molar-refractivity contribution in [3.8, 4) is 11.5 Å². The average Bonchev–Trinajstić information content (AvgIpc) is 2.87. The summed E-state index contributed by atoms with van der Waals surface area (Å²) in [6.07, 6.45) is 1.65. The molecular formula is C33H35ClNO6-. The van der Waals surface area contributed by atoms with E-state index in [2.05, 4.69) is 0 Å². The van der Waals surface area contributed by atoms with Crippen molar-refractivity contribution in [2.24, 2.45) is 10.8 Å². The van der Waals surface area contributed by atoms with Gasteiger partial charge in [0.25, 0.3) is 0 Å². The summed E-state index contributed by atoms with van der Waals surface area (Å²) in [5.74, 6) is -1.02. The Bertz CT molecular complexity index is 1430. The first-order valence-corrected chi connectivity index (χ1v) is 14.2. The lowest BCUT2D eigenvalue weighted by atomic mass is 9.63. The molecule has 0 saturated carbocycles. The van der Waals surface area contributed by atoms with Crippen LogP contribution in [0.5, 0.6) is 11.5 Å². The van der Waals surface area contributed by atoms with Gasteiger partial charge >= 0.3 is 0 Å². The number of carboxylic acids is 1. The highest BCUT2D eigenvalue weighted by Crippen LogP contribution is 2.54. The second-order valence-electron chi connectivity index (χ2n) is 12.8. The number of carbonyl (C=O) groups excluding carboxylic acids is 3. The minimum absolute atomic E-state index is 0.0733. The smallest absolute Gasteiger partial charge is 0.162 e. The zero-order valence-corrected chi connectivity index (χ0v) is 24.9. The van der Waals surface area contributed by atoms with Gasteiger partial charge in [-0.1, -0.05) is 57.5 Å². The first-order valence-electron chi connectivity index (χ1n) is 13.8. The van der Waals surface area contributed by atoms with Crippen molar-refractivity contribution in [1.29, 1.82) is 0 Å². The number of nitrogens with zero attached hydrogens (tertiary/aromatic N) is 1. The van der Waals surface area contributed by atoms with Crippen molar-refractivity contribution in [2.75, 3.05) is 13.7 Å². The van der Waals surface area contributed by atoms with E-state index in [0.717, 1.165) is 11.1 Å². The molecule has 216 valence electrons. The van der Waals surface area contributed by atoms with Gasteiger partial charge in [-0.05, 0) is 59.1 Å². The molecule has 0 radical (unpaired) electrons. The Hall–Kier alpha value is -3.58. The van der Waals surface area contributed by atoms with Gasteiger partial charge in [-0.15, -0.1) is 0 Å². The predicted molar refractivity (Wildman–Crippen MR) is 153 cm³/mol. The van der Waals surface area contributed by atoms with Crippen LogP contribution in [0, 0.1) is 10.8 Å². The molecule has 0 unspecified atom stereocenters. The number of carbonyl (C=O) groups is 3. The maximum absolute atomic E-state index is 13.8. The van der Waals surface area contributed by atoms with E-state index >= 15 is 0 Å². The lowest BCUT2D eigenvalue weighted by Gasteiger charge is -2.49. The largest absolute Gasteiger partial charge is 0.548 e. The quantitative estimate of drug-likeness (QED) is 0.437. The van der Waals surface area contributed by atoms with E-state index in [4.69, 9.17) is 21.1 Å². The molecule has 7 nitrogen and oxygen atoms in total. The SMILES string of the molecule is COc1cc(C2C3=C(CC(C)(C)CC3=O)N(CC(=O)[O-])C3=C2C(=O)CC(C)(C)C3)ccc1OCc1ccc(Cl)cc1. The molecule has 0 saturated heterocycles. The summed E-state index contributed by atoms with van der Waals surface area (Å²) in [5, 5.41) is 12.6. The third-order valence-electron chi connectivity index (χ3n) is 8.14. The lowest BCUT2D eigenvalue weighted by Crippen LogP contribution is -2.47. The molecule has 1 aliphatic heterocycles. The van der Waals surface area contributed by atoms with E-state index < -0.39 is 18.4 Å². The highest BCUT2D eigenvalue weighted by atomic mass is 35.5. The van der Waals surface area contributed by atoms with E-state index in [1.807, 2.05) is 52.0 Å². The Morgan fingerprint density at radius 1 is 0.902 bits per heavy atom. The molecule has 2 aromatic carbocycles. The zero-order chi connectivity index (χ0) is 29.7. The number of allylic oxidation sites excluding steroid dienone is 4. The van der Waals surface area contributed by atoms with Crippen LogP contribution in [0.4, 0.5) is 0 Å². The third kappa shape index (κ3) is 5.78. The molecule has 1 heterocycles. The van der Waals surface area contributed by atoms with Crippen LogP contribution in [-0.2, 0) is 21.0 Å². The Balaban J connectivity index is 1.62. The van der Waals surface area contributed by atoms with Crippen molar-refractivity contribution >= 4 is 29.1 Å². The van der Waals surface area contributed by atoms with Gasteiger partial charge in [-0.2, -0.15) is 0 Å². The molecule has 0 aromatic heterocycles. The number of Topliss-reactive ketones (excluding diaryl/α,β-unsaturated/α-hetero) is 2. The van der Waals surface area contributed by atoms with Crippen LogP contribution in [-0.4, -0.2) is 36.1 Å². The summed E-state index contributed by atoms with van der Waals surface area (Å²) in [4.78, 5) is 41.3. The minimum atomic E-state index is -1.25. The Morgan fingerprint density at radius 3 is 1.98 bits per heavy atom. The summed E-state index contributed by atoms with van der Waals surface area (Å²) in [6.45, 7) is 7.94. The second-order valence-corrected chi connectivity index (χ2v) is 13.3. The van der Waals surface area contributed by atoms with Crippen LogP contribution >= 0.6 is 11.6 Å². The number of ether oxygens (including phenoxy) is 2. The molecule has 0 spiro atoms. The lowest BCUT2D eigenvalue weighted by molar-refractivity contribution is -0.305. The fraction of sp³-hybridized carbons (Fsp3) is 0.424. The maximum atomic E-state index is 13.8. The van der Waals surface area contributed by atoms with Crippen LogP contribution in [0.1, 0.15) is 70.4 Å². The first kappa shape index (κ1) is 28.9. The second kappa shape index (κ2) is 10.7. The molecule has 2 aromatic rings. The van der Waals surface area contributed by atoms with Gasteiger partial charge in [0.05, 0.1) is 19.6 Å². The molecule has 0 fully saturated rings. The van der Waals surface area contributed by atoms with Gasteiger partial charge in [-0.3, -0.25) is 9.59 Å². The third-order valence-corrected chi connectivity index (χ3v) is 8.39. The number of halogens is 1. The molecule has 2 aliphatic carbocycles. The Morgan fingerprint density at radius 2 is 1.46 bits per heavy atom. The van der Waals surface area contributed by atoms with Crippen LogP contribution in [0.25, 0.3) is 0 Å². The number of benzene rings is 2. The number of methoxy groups -OCH3 is 1. The molecule has 3 aliphatic rings. The normalized spacial score (nSPS) is 20.1. The van der Waals surface area contributed by atoms with Crippen LogP contribution in [0.3, 0.4) is 0 Å². The van der Waals surface area contributed by atoms with Crippen molar-refractivity contribution in [3.63, 3.8) is 0 Å². The van der Waals surface area contributed by atoms with Gasteiger partial charge in [0, 0.05) is 46.3 Å². The monoisotopic (exact) mass is 576 g/mol. The molecule has 0 amide bonds. The summed E-state index contributed by atoms with van der Waals surface area (Å²) < 4.78 is 11.8. The number of hydrogen-bond donors (Lipinski definition) is 0. The molecule has 41 heavy (non-hydrogen) atoms. The van der Waals surface area contributed by atoms with Crippen LogP contribution in [0.2, 0.25) is 5.02 Å². The van der Waals surface area contributed by atoms with Gasteiger partial charge in [0.2, 0.25) is 0 Å². The van der Waals surface area contributed by atoms with Gasteiger partial charge < -0.3 is 24.3 Å². The molecule has 0 N–H and O–H groups in total. The summed E-state index contributed by atoms with van der Waals surface area (Å²) in [6, 6.07) is 12.9. The minimum Gasteiger partial charge on any atom is -0.548 e. The van der Waals surface area contributed by atoms with Crippen LogP contribution in [0.15, 0.2) is 65.0 Å². The van der Waals surface area contributed by atoms with Gasteiger partial charge in [-0.25, -0.2) is 0 Å². The Labute approximate surface area is 245 Å². The number of carboxylic acid groups (broad SMARTS) is 1. The maximum Gasteiger partial charge on any atom is 0.162 e. The molecule has 5 rings (SSSR count). The fourth-order valence-corrected chi connectivity index (χ4v) is 6.55. The molecule has 8 heteroatoms. The number of rotatable bonds is 7. The van der Waals surface area contributed by atoms with E-state index in [-0.39, 0.29) is 22.4 Å². The van der Waals surface area contributed by atoms with E-state index in [1.165, 1.54) is 0 Å². The number of ketones is 2. The number of aliphatic carboxylic acids is 1. The fourth-order valence-electron chi connectivity index (χ4n) is 6.43. The number of hydrogen-bond acceptors (Lipinski definition) is 7. The Kier molecular flexibility index (Phi) is 7.53. The van der Waals surface area contributed by atoms with Crippen molar-refractivity contribution < 1.29 is 29.0 Å². The molecule has 0 bridgehead atoms. The summed E-state index contributed by atoms with van der Waals surface area (Å²) >= 11 is 6.00. The van der Waals surface area contributed by atoms with Crippen LogP contribution < -0.4 is 14.6 Å². The van der Waals surface area contributed by atoms with E-state index in [9.17, 15) is 19.5 Å². The average molecular weight is 577 g/mol. The summed E-state index contributed by atoms with van der Waals surface area (Å²) in [5.41, 5.74) is 3.30. The van der Waals surface area contributed by atoms with Crippen molar-refractivity contribution in [2.45, 2.75) is 65.9 Å². The highest BCUT2D eigenvalue weighted by Gasteiger charge is 2.49. The van der Waals surface area contributed by atoms with E-state index in [0.29, 0.717) is 71.4 Å². The molecular weight excluding hydrogens is 542 g/mol. The first-order chi connectivity index (χ1) is 19.3.